The number of carbonyl (C=O) groups is 3. The second-order valence-electron chi connectivity index (χ2n) is 11.5. The van der Waals surface area contributed by atoms with Gasteiger partial charge in [0.25, 0.3) is 0 Å². The van der Waals surface area contributed by atoms with Crippen molar-refractivity contribution < 1.29 is 28.6 Å². The van der Waals surface area contributed by atoms with Crippen molar-refractivity contribution in [2.24, 2.45) is 27.4 Å². The molecule has 0 unspecified atom stereocenters. The predicted octanol–water partition coefficient (Wildman–Crippen LogP) is 4.59. The first-order valence-electron chi connectivity index (χ1n) is 12.6. The zero-order valence-electron chi connectivity index (χ0n) is 23.1. The van der Waals surface area contributed by atoms with Gasteiger partial charge in [-0.05, 0) is 50.5 Å². The Balaban J connectivity index is 0.000000297. The highest BCUT2D eigenvalue weighted by atomic mass is 16.5. The molecule has 2 aliphatic rings. The van der Waals surface area contributed by atoms with Crippen LogP contribution in [0.25, 0.3) is 0 Å². The maximum Gasteiger partial charge on any atom is 0.407 e. The van der Waals surface area contributed by atoms with Gasteiger partial charge in [0, 0.05) is 17.5 Å². The van der Waals surface area contributed by atoms with Gasteiger partial charge in [0.1, 0.15) is 6.61 Å². The maximum absolute atomic E-state index is 12.1. The van der Waals surface area contributed by atoms with E-state index in [0.29, 0.717) is 6.42 Å². The van der Waals surface area contributed by atoms with Crippen LogP contribution in [0.5, 0.6) is 0 Å². The molecule has 0 bridgehead atoms. The standard InChI is InChI=1S/C18H25NO4.C10H19NO2/c1-17(2)14(10-11-18(17,3)15(20)22-4)19-16(21)23-12-13-8-6-5-7-9-13;1-9(2)7(11)5-6-10(9,3)8(12)13-4/h5-9,14H,10-12H2,1-4H3,(H,19,21);7H,5-6,11H2,1-4H3/t14-,18-;7-,10-/m11/s1. The minimum absolute atomic E-state index is 0.0941. The van der Waals surface area contributed by atoms with E-state index in [9.17, 15) is 14.4 Å². The van der Waals surface area contributed by atoms with E-state index in [4.69, 9.17) is 19.9 Å². The number of rotatable bonds is 5. The molecule has 8 heteroatoms. The molecular weight excluding hydrogens is 460 g/mol. The van der Waals surface area contributed by atoms with Crippen LogP contribution in [-0.2, 0) is 30.4 Å². The highest BCUT2D eigenvalue weighted by molar-refractivity contribution is 5.79. The summed E-state index contributed by atoms with van der Waals surface area (Å²) in [7, 11) is 2.84. The first-order valence-corrected chi connectivity index (χ1v) is 12.6. The number of hydrogen-bond donors (Lipinski definition) is 2. The van der Waals surface area contributed by atoms with E-state index in [1.54, 1.807) is 0 Å². The van der Waals surface area contributed by atoms with Gasteiger partial charge in [0.2, 0.25) is 0 Å². The summed E-state index contributed by atoms with van der Waals surface area (Å²) in [5.74, 6) is -0.366. The van der Waals surface area contributed by atoms with Crippen LogP contribution in [0.4, 0.5) is 4.79 Å². The number of amides is 1. The second-order valence-corrected chi connectivity index (χ2v) is 11.5. The summed E-state index contributed by atoms with van der Waals surface area (Å²) < 4.78 is 15.0. The Kier molecular flexibility index (Phi) is 9.21. The number of hydrogen-bond acceptors (Lipinski definition) is 7. The van der Waals surface area contributed by atoms with E-state index in [-0.39, 0.29) is 36.0 Å². The molecule has 4 atom stereocenters. The number of esters is 2. The lowest BCUT2D eigenvalue weighted by molar-refractivity contribution is -0.158. The summed E-state index contributed by atoms with van der Waals surface area (Å²) in [5.41, 5.74) is 5.31. The van der Waals surface area contributed by atoms with Crippen molar-refractivity contribution in [1.29, 1.82) is 0 Å². The lowest BCUT2D eigenvalue weighted by Crippen LogP contribution is -2.49. The molecule has 1 aromatic rings. The lowest BCUT2D eigenvalue weighted by atomic mass is 9.68. The molecule has 0 heterocycles. The lowest BCUT2D eigenvalue weighted by Gasteiger charge is -2.39. The molecule has 2 aliphatic carbocycles. The van der Waals surface area contributed by atoms with Gasteiger partial charge < -0.3 is 25.3 Å². The molecule has 36 heavy (non-hydrogen) atoms. The third-order valence-electron chi connectivity index (χ3n) is 9.31. The first-order chi connectivity index (χ1) is 16.7. The average Bonchev–Trinajstić information content (AvgIpc) is 3.21. The van der Waals surface area contributed by atoms with Crippen LogP contribution in [0, 0.1) is 21.7 Å². The molecule has 1 aromatic carbocycles. The Morgan fingerprint density at radius 2 is 1.36 bits per heavy atom. The molecule has 2 saturated carbocycles. The van der Waals surface area contributed by atoms with Crippen LogP contribution in [0.2, 0.25) is 0 Å². The monoisotopic (exact) mass is 504 g/mol. The largest absolute Gasteiger partial charge is 0.469 e. The molecule has 0 saturated heterocycles. The predicted molar refractivity (Wildman–Crippen MR) is 138 cm³/mol. The summed E-state index contributed by atoms with van der Waals surface area (Å²) in [6.07, 6.45) is 2.67. The first kappa shape index (κ1) is 29.6. The number of alkyl carbamates (subject to hydrolysis) is 1. The Labute approximate surface area is 215 Å². The number of ether oxygens (including phenoxy) is 3. The smallest absolute Gasteiger partial charge is 0.407 e. The third kappa shape index (κ3) is 5.53. The molecule has 2 fully saturated rings. The maximum atomic E-state index is 12.1. The van der Waals surface area contributed by atoms with Gasteiger partial charge >= 0.3 is 18.0 Å². The number of nitrogens with two attached hydrogens (primary N) is 1. The van der Waals surface area contributed by atoms with Gasteiger partial charge in [-0.15, -0.1) is 0 Å². The van der Waals surface area contributed by atoms with Crippen molar-refractivity contribution in [1.82, 2.24) is 5.32 Å². The van der Waals surface area contributed by atoms with Gasteiger partial charge in [0.15, 0.2) is 0 Å². The molecule has 8 nitrogen and oxygen atoms in total. The molecule has 3 rings (SSSR count). The molecule has 0 radical (unpaired) electrons. The number of carbonyl (C=O) groups excluding carboxylic acids is 3. The fourth-order valence-electron chi connectivity index (χ4n) is 5.38. The summed E-state index contributed by atoms with van der Waals surface area (Å²) in [5, 5.41) is 2.90. The van der Waals surface area contributed by atoms with Crippen molar-refractivity contribution in [2.45, 2.75) is 85.9 Å². The Morgan fingerprint density at radius 1 is 0.861 bits per heavy atom. The van der Waals surface area contributed by atoms with Crippen molar-refractivity contribution in [3.8, 4) is 0 Å². The van der Waals surface area contributed by atoms with E-state index >= 15 is 0 Å². The van der Waals surface area contributed by atoms with Crippen LogP contribution in [0.3, 0.4) is 0 Å². The average molecular weight is 505 g/mol. The summed E-state index contributed by atoms with van der Waals surface area (Å²) in [6, 6.07) is 9.49. The van der Waals surface area contributed by atoms with Crippen molar-refractivity contribution in [3.63, 3.8) is 0 Å². The minimum atomic E-state index is -0.612. The van der Waals surface area contributed by atoms with E-state index in [2.05, 4.69) is 5.32 Å². The van der Waals surface area contributed by atoms with Crippen LogP contribution in [0.1, 0.15) is 72.8 Å². The summed E-state index contributed by atoms with van der Waals surface area (Å²) >= 11 is 0. The second kappa shape index (κ2) is 11.2. The molecule has 0 spiro atoms. The fourth-order valence-corrected chi connectivity index (χ4v) is 5.38. The number of benzene rings is 1. The van der Waals surface area contributed by atoms with Gasteiger partial charge in [-0.3, -0.25) is 9.59 Å². The normalized spacial score (nSPS) is 29.9. The zero-order chi connectivity index (χ0) is 27.4. The number of nitrogens with one attached hydrogen (secondary N) is 1. The molecule has 1 amide bonds. The van der Waals surface area contributed by atoms with Crippen molar-refractivity contribution in [2.75, 3.05) is 14.2 Å². The van der Waals surface area contributed by atoms with Crippen LogP contribution in [0.15, 0.2) is 30.3 Å². The molecule has 0 aliphatic heterocycles. The Bertz CT molecular complexity index is 931. The van der Waals surface area contributed by atoms with Crippen LogP contribution >= 0.6 is 0 Å². The van der Waals surface area contributed by atoms with Crippen LogP contribution in [-0.4, -0.2) is 44.3 Å². The van der Waals surface area contributed by atoms with Gasteiger partial charge in [0.05, 0.1) is 25.0 Å². The Hall–Kier alpha value is -2.61. The highest BCUT2D eigenvalue weighted by Gasteiger charge is 2.57. The van der Waals surface area contributed by atoms with Gasteiger partial charge in [-0.1, -0.05) is 58.0 Å². The fraction of sp³-hybridized carbons (Fsp3) is 0.679. The molecule has 0 aromatic heterocycles. The van der Waals surface area contributed by atoms with Crippen molar-refractivity contribution >= 4 is 18.0 Å². The van der Waals surface area contributed by atoms with E-state index < -0.39 is 22.3 Å². The SMILES string of the molecule is COC(=O)[C@@]1(C)CC[C@@H](N)C1(C)C.COC(=O)[C@@]1(C)CC[C@@H](NC(=O)OCc2ccccc2)C1(C)C. The topological polar surface area (TPSA) is 117 Å². The van der Waals surface area contributed by atoms with Gasteiger partial charge in [-0.2, -0.15) is 0 Å². The highest BCUT2D eigenvalue weighted by Crippen LogP contribution is 2.53. The van der Waals surface area contributed by atoms with Crippen molar-refractivity contribution in [3.05, 3.63) is 35.9 Å². The van der Waals surface area contributed by atoms with E-state index in [1.165, 1.54) is 14.2 Å². The van der Waals surface area contributed by atoms with E-state index in [1.807, 2.05) is 71.9 Å². The third-order valence-corrected chi connectivity index (χ3v) is 9.31. The Morgan fingerprint density at radius 3 is 1.83 bits per heavy atom. The summed E-state index contributed by atoms with van der Waals surface area (Å²) in [6.45, 7) is 12.1. The minimum Gasteiger partial charge on any atom is -0.469 e. The number of methoxy groups -OCH3 is 2. The zero-order valence-corrected chi connectivity index (χ0v) is 23.1. The quantitative estimate of drug-likeness (QED) is 0.445. The van der Waals surface area contributed by atoms with E-state index in [0.717, 1.165) is 24.8 Å². The summed E-state index contributed by atoms with van der Waals surface area (Å²) in [4.78, 5) is 35.8. The van der Waals surface area contributed by atoms with Crippen LogP contribution < -0.4 is 11.1 Å². The molecular formula is C28H44N2O6. The van der Waals surface area contributed by atoms with Gasteiger partial charge in [-0.25, -0.2) is 4.79 Å². The molecule has 3 N–H and O–H groups in total. The molecule has 202 valence electrons.